The van der Waals surface area contributed by atoms with Gasteiger partial charge in [0.05, 0.1) is 0 Å². The van der Waals surface area contributed by atoms with Crippen LogP contribution in [0.15, 0.2) is 24.3 Å². The Morgan fingerprint density at radius 3 is 2.50 bits per heavy atom. The summed E-state index contributed by atoms with van der Waals surface area (Å²) in [6, 6.07) is 9.35. The van der Waals surface area contributed by atoms with Crippen LogP contribution in [0.25, 0.3) is 0 Å². The molecule has 1 aromatic carbocycles. The third-order valence-electron chi connectivity index (χ3n) is 2.20. The molecule has 0 saturated carbocycles. The lowest BCUT2D eigenvalue weighted by atomic mass is 10.1. The maximum absolute atomic E-state index is 3.49. The van der Waals surface area contributed by atoms with Crippen molar-refractivity contribution in [3.63, 3.8) is 0 Å². The van der Waals surface area contributed by atoms with Crippen LogP contribution >= 0.6 is 22.6 Å². The number of halogens is 1. The first kappa shape index (κ1) is 12.0. The van der Waals surface area contributed by atoms with E-state index in [1.807, 2.05) is 0 Å². The zero-order valence-electron chi connectivity index (χ0n) is 8.89. The lowest BCUT2D eigenvalue weighted by Gasteiger charge is -2.12. The Morgan fingerprint density at radius 2 is 1.93 bits per heavy atom. The van der Waals surface area contributed by atoms with Crippen LogP contribution in [0.2, 0.25) is 0 Å². The molecule has 0 amide bonds. The summed E-state index contributed by atoms with van der Waals surface area (Å²) in [6.45, 7) is 5.56. The van der Waals surface area contributed by atoms with E-state index in [9.17, 15) is 0 Å². The third kappa shape index (κ3) is 4.42. The average molecular weight is 303 g/mol. The van der Waals surface area contributed by atoms with Crippen LogP contribution in [0, 0.1) is 3.57 Å². The van der Waals surface area contributed by atoms with Crippen LogP contribution in [-0.2, 0) is 6.42 Å². The minimum Gasteiger partial charge on any atom is -0.314 e. The molecule has 1 atom stereocenters. The van der Waals surface area contributed by atoms with Crippen molar-refractivity contribution in [2.45, 2.75) is 32.7 Å². The first-order valence-corrected chi connectivity index (χ1v) is 6.28. The van der Waals surface area contributed by atoms with Crippen molar-refractivity contribution in [2.75, 3.05) is 6.54 Å². The molecule has 1 rings (SSSR count). The lowest BCUT2D eigenvalue weighted by molar-refractivity contribution is 0.543. The summed E-state index contributed by atoms with van der Waals surface area (Å²) in [6.07, 6.45) is 2.33. The van der Waals surface area contributed by atoms with Crippen molar-refractivity contribution in [2.24, 2.45) is 0 Å². The largest absolute Gasteiger partial charge is 0.314 e. The number of benzene rings is 1. The van der Waals surface area contributed by atoms with Crippen LogP contribution in [-0.4, -0.2) is 12.6 Å². The van der Waals surface area contributed by atoms with E-state index in [4.69, 9.17) is 0 Å². The molecular formula is C12H18IN. The van der Waals surface area contributed by atoms with Crippen molar-refractivity contribution in [3.8, 4) is 0 Å². The van der Waals surface area contributed by atoms with E-state index in [1.54, 1.807) is 0 Å². The van der Waals surface area contributed by atoms with Crippen LogP contribution < -0.4 is 5.32 Å². The highest BCUT2D eigenvalue weighted by atomic mass is 127. The topological polar surface area (TPSA) is 12.0 Å². The fourth-order valence-electron chi connectivity index (χ4n) is 1.44. The van der Waals surface area contributed by atoms with Gasteiger partial charge < -0.3 is 5.32 Å². The maximum atomic E-state index is 3.49. The normalized spacial score (nSPS) is 12.8. The van der Waals surface area contributed by atoms with E-state index in [-0.39, 0.29) is 0 Å². The van der Waals surface area contributed by atoms with Gasteiger partial charge in [-0.25, -0.2) is 0 Å². The van der Waals surface area contributed by atoms with Gasteiger partial charge in [0.1, 0.15) is 0 Å². The van der Waals surface area contributed by atoms with Crippen molar-refractivity contribution >= 4 is 22.6 Å². The van der Waals surface area contributed by atoms with Gasteiger partial charge in [0.2, 0.25) is 0 Å². The van der Waals surface area contributed by atoms with Gasteiger partial charge in [0.25, 0.3) is 0 Å². The molecule has 0 aliphatic heterocycles. The number of hydrogen-bond donors (Lipinski definition) is 1. The van der Waals surface area contributed by atoms with Gasteiger partial charge in [-0.05, 0) is 66.6 Å². The molecule has 0 heterocycles. The van der Waals surface area contributed by atoms with Gasteiger partial charge in [-0.3, -0.25) is 0 Å². The second kappa shape index (κ2) is 6.40. The molecule has 2 heteroatoms. The molecule has 14 heavy (non-hydrogen) atoms. The van der Waals surface area contributed by atoms with Crippen LogP contribution in [0.4, 0.5) is 0 Å². The molecule has 0 aliphatic rings. The van der Waals surface area contributed by atoms with Gasteiger partial charge in [-0.1, -0.05) is 19.1 Å². The van der Waals surface area contributed by atoms with E-state index < -0.39 is 0 Å². The number of rotatable bonds is 5. The van der Waals surface area contributed by atoms with Crippen molar-refractivity contribution in [3.05, 3.63) is 33.4 Å². The molecule has 1 N–H and O–H groups in total. The molecule has 0 aromatic heterocycles. The standard InChI is InChI=1S/C12H18IN/c1-3-8-14-10(2)9-11-4-6-12(13)7-5-11/h4-7,10,14H,3,8-9H2,1-2H3. The predicted octanol–water partition coefficient (Wildman–Crippen LogP) is 3.22. The summed E-state index contributed by atoms with van der Waals surface area (Å²) in [5.74, 6) is 0. The summed E-state index contributed by atoms with van der Waals surface area (Å²) in [5, 5.41) is 3.49. The summed E-state index contributed by atoms with van der Waals surface area (Å²) in [5.41, 5.74) is 1.42. The monoisotopic (exact) mass is 303 g/mol. The Bertz CT molecular complexity index is 256. The molecule has 0 saturated heterocycles. The highest BCUT2D eigenvalue weighted by molar-refractivity contribution is 14.1. The summed E-state index contributed by atoms with van der Waals surface area (Å²) in [4.78, 5) is 0. The fraction of sp³-hybridized carbons (Fsp3) is 0.500. The highest BCUT2D eigenvalue weighted by Crippen LogP contribution is 2.08. The van der Waals surface area contributed by atoms with Crippen LogP contribution in [0.1, 0.15) is 25.8 Å². The second-order valence-electron chi connectivity index (χ2n) is 3.69. The molecule has 78 valence electrons. The first-order chi connectivity index (χ1) is 6.72. The van der Waals surface area contributed by atoms with Crippen molar-refractivity contribution in [1.29, 1.82) is 0 Å². The number of hydrogen-bond acceptors (Lipinski definition) is 1. The van der Waals surface area contributed by atoms with Gasteiger partial charge in [0, 0.05) is 9.61 Å². The SMILES string of the molecule is CCCNC(C)Cc1ccc(I)cc1. The van der Waals surface area contributed by atoms with Crippen LogP contribution in [0.3, 0.4) is 0 Å². The molecule has 0 fully saturated rings. The summed E-state index contributed by atoms with van der Waals surface area (Å²) >= 11 is 2.34. The summed E-state index contributed by atoms with van der Waals surface area (Å²) in [7, 11) is 0. The van der Waals surface area contributed by atoms with Crippen molar-refractivity contribution < 1.29 is 0 Å². The van der Waals surface area contributed by atoms with E-state index in [2.05, 4.69) is 66.0 Å². The summed E-state index contributed by atoms with van der Waals surface area (Å²) < 4.78 is 1.31. The molecule has 0 bridgehead atoms. The van der Waals surface area contributed by atoms with E-state index in [0.29, 0.717) is 6.04 Å². The zero-order valence-corrected chi connectivity index (χ0v) is 11.0. The molecular weight excluding hydrogens is 285 g/mol. The molecule has 0 radical (unpaired) electrons. The minimum absolute atomic E-state index is 0.579. The lowest BCUT2D eigenvalue weighted by Crippen LogP contribution is -2.28. The Morgan fingerprint density at radius 1 is 1.29 bits per heavy atom. The van der Waals surface area contributed by atoms with Gasteiger partial charge in [-0.15, -0.1) is 0 Å². The second-order valence-corrected chi connectivity index (χ2v) is 4.93. The minimum atomic E-state index is 0.579. The van der Waals surface area contributed by atoms with Crippen molar-refractivity contribution in [1.82, 2.24) is 5.32 Å². The van der Waals surface area contributed by atoms with E-state index in [0.717, 1.165) is 13.0 Å². The third-order valence-corrected chi connectivity index (χ3v) is 2.92. The first-order valence-electron chi connectivity index (χ1n) is 5.20. The van der Waals surface area contributed by atoms with E-state index in [1.165, 1.54) is 15.6 Å². The Hall–Kier alpha value is -0.0900. The smallest absolute Gasteiger partial charge is 0.0130 e. The molecule has 0 spiro atoms. The zero-order chi connectivity index (χ0) is 10.4. The Labute approximate surface area is 100 Å². The molecule has 1 unspecified atom stereocenters. The quantitative estimate of drug-likeness (QED) is 0.824. The Balaban J connectivity index is 2.39. The predicted molar refractivity (Wildman–Crippen MR) is 70.6 cm³/mol. The van der Waals surface area contributed by atoms with Gasteiger partial charge in [-0.2, -0.15) is 0 Å². The number of nitrogens with one attached hydrogen (secondary N) is 1. The average Bonchev–Trinajstić information content (AvgIpc) is 2.18. The molecule has 1 nitrogen and oxygen atoms in total. The highest BCUT2D eigenvalue weighted by Gasteiger charge is 2.01. The maximum Gasteiger partial charge on any atom is 0.0130 e. The van der Waals surface area contributed by atoms with Crippen LogP contribution in [0.5, 0.6) is 0 Å². The Kier molecular flexibility index (Phi) is 5.48. The van der Waals surface area contributed by atoms with Gasteiger partial charge in [0.15, 0.2) is 0 Å². The molecule has 1 aromatic rings. The van der Waals surface area contributed by atoms with Gasteiger partial charge >= 0.3 is 0 Å². The van der Waals surface area contributed by atoms with E-state index >= 15 is 0 Å². The molecule has 0 aliphatic carbocycles. The fourth-order valence-corrected chi connectivity index (χ4v) is 1.80.